The number of hydrogen-bond donors (Lipinski definition) is 0. The summed E-state index contributed by atoms with van der Waals surface area (Å²) in [5.41, 5.74) is 3.13. The maximum absolute atomic E-state index is 12.5. The Morgan fingerprint density at radius 2 is 1.72 bits per heavy atom. The molecule has 6 nitrogen and oxygen atoms in total. The average molecular weight is 411 g/mol. The molecule has 2 heterocycles. The summed E-state index contributed by atoms with van der Waals surface area (Å²) in [4.78, 5) is 21.2. The van der Waals surface area contributed by atoms with Crippen molar-refractivity contribution in [3.63, 3.8) is 0 Å². The molecule has 1 fully saturated rings. The predicted octanol–water partition coefficient (Wildman–Crippen LogP) is 3.59. The van der Waals surface area contributed by atoms with Crippen LogP contribution >= 0.6 is 11.6 Å². The van der Waals surface area contributed by atoms with Gasteiger partial charge >= 0.3 is 0 Å². The van der Waals surface area contributed by atoms with Gasteiger partial charge in [0.05, 0.1) is 13.0 Å². The van der Waals surface area contributed by atoms with Gasteiger partial charge in [0.1, 0.15) is 0 Å². The second-order valence-electron chi connectivity index (χ2n) is 7.34. The van der Waals surface area contributed by atoms with Crippen LogP contribution in [0.25, 0.3) is 11.4 Å². The molecule has 3 aromatic rings. The second-order valence-corrected chi connectivity index (χ2v) is 7.77. The fourth-order valence-electron chi connectivity index (χ4n) is 3.37. The number of amides is 1. The van der Waals surface area contributed by atoms with Gasteiger partial charge in [-0.3, -0.25) is 9.69 Å². The Bertz CT molecular complexity index is 961. The molecular formula is C22H23ClN4O2. The molecule has 29 heavy (non-hydrogen) atoms. The zero-order valence-electron chi connectivity index (χ0n) is 16.3. The number of aryl methyl sites for hydroxylation is 1. The van der Waals surface area contributed by atoms with Crippen LogP contribution in [0.15, 0.2) is 53.1 Å². The number of halogens is 1. The van der Waals surface area contributed by atoms with E-state index >= 15 is 0 Å². The Hall–Kier alpha value is -2.70. The number of carbonyl (C=O) groups is 1. The number of nitrogens with zero attached hydrogens (tertiary/aromatic N) is 4. The quantitative estimate of drug-likeness (QED) is 0.643. The molecule has 0 atom stereocenters. The van der Waals surface area contributed by atoms with E-state index in [1.165, 1.54) is 5.56 Å². The first-order chi connectivity index (χ1) is 14.1. The number of carbonyl (C=O) groups excluding carboxylic acids is 1. The van der Waals surface area contributed by atoms with Crippen molar-refractivity contribution in [2.75, 3.05) is 26.2 Å². The lowest BCUT2D eigenvalue weighted by atomic mass is 10.1. The molecule has 0 saturated carbocycles. The van der Waals surface area contributed by atoms with Crippen LogP contribution in [-0.2, 0) is 17.8 Å². The Morgan fingerprint density at radius 1 is 1.03 bits per heavy atom. The minimum absolute atomic E-state index is 0.145. The van der Waals surface area contributed by atoms with E-state index in [1.807, 2.05) is 60.4 Å². The van der Waals surface area contributed by atoms with Crippen molar-refractivity contribution in [2.24, 2.45) is 0 Å². The standard InChI is InChI=1S/C22H23ClN4O2/c1-16-2-6-18(7-3-16)22-24-20(29-25-22)15-26-10-12-27(13-11-26)21(28)14-17-4-8-19(23)9-5-17/h2-9H,10-15H2,1H3. The molecule has 1 aromatic heterocycles. The highest BCUT2D eigenvalue weighted by molar-refractivity contribution is 6.30. The first-order valence-corrected chi connectivity index (χ1v) is 10.1. The highest BCUT2D eigenvalue weighted by Gasteiger charge is 2.22. The van der Waals surface area contributed by atoms with Crippen LogP contribution < -0.4 is 0 Å². The molecule has 0 radical (unpaired) electrons. The highest BCUT2D eigenvalue weighted by atomic mass is 35.5. The number of benzene rings is 2. The van der Waals surface area contributed by atoms with Crippen LogP contribution in [0.5, 0.6) is 0 Å². The smallest absolute Gasteiger partial charge is 0.241 e. The van der Waals surface area contributed by atoms with E-state index in [0.29, 0.717) is 42.8 Å². The Labute approximate surface area is 175 Å². The normalized spacial score (nSPS) is 14.9. The third kappa shape index (κ3) is 5.02. The summed E-state index contributed by atoms with van der Waals surface area (Å²) in [7, 11) is 0. The molecule has 4 rings (SSSR count). The molecule has 150 valence electrons. The molecule has 1 amide bonds. The zero-order chi connectivity index (χ0) is 20.2. The van der Waals surface area contributed by atoms with Gasteiger partial charge in [0, 0.05) is 36.8 Å². The zero-order valence-corrected chi connectivity index (χ0v) is 17.1. The summed E-state index contributed by atoms with van der Waals surface area (Å²) in [5, 5.41) is 4.77. The topological polar surface area (TPSA) is 62.5 Å². The van der Waals surface area contributed by atoms with Crippen LogP contribution in [0.2, 0.25) is 5.02 Å². The number of rotatable bonds is 5. The Balaban J connectivity index is 1.28. The van der Waals surface area contributed by atoms with Crippen molar-refractivity contribution >= 4 is 17.5 Å². The summed E-state index contributed by atoms with van der Waals surface area (Å²) in [6.07, 6.45) is 0.404. The largest absolute Gasteiger partial charge is 0.340 e. The SMILES string of the molecule is Cc1ccc(-c2noc(CN3CCN(C(=O)Cc4ccc(Cl)cc4)CC3)n2)cc1. The molecule has 0 spiro atoms. The van der Waals surface area contributed by atoms with Crippen molar-refractivity contribution in [3.05, 3.63) is 70.6 Å². The molecule has 0 N–H and O–H groups in total. The van der Waals surface area contributed by atoms with Crippen LogP contribution in [0, 0.1) is 6.92 Å². The Kier molecular flexibility index (Phi) is 5.92. The van der Waals surface area contributed by atoms with E-state index in [4.69, 9.17) is 16.1 Å². The summed E-state index contributed by atoms with van der Waals surface area (Å²) >= 11 is 5.90. The van der Waals surface area contributed by atoms with Crippen LogP contribution in [0.1, 0.15) is 17.0 Å². The lowest BCUT2D eigenvalue weighted by Gasteiger charge is -2.34. The van der Waals surface area contributed by atoms with Gasteiger partial charge in [-0.1, -0.05) is 58.7 Å². The average Bonchev–Trinajstić information content (AvgIpc) is 3.19. The van der Waals surface area contributed by atoms with Crippen molar-refractivity contribution in [3.8, 4) is 11.4 Å². The lowest BCUT2D eigenvalue weighted by Crippen LogP contribution is -2.48. The maximum atomic E-state index is 12.5. The van der Waals surface area contributed by atoms with E-state index in [9.17, 15) is 4.79 Å². The molecule has 0 unspecified atom stereocenters. The van der Waals surface area contributed by atoms with Crippen molar-refractivity contribution in [1.29, 1.82) is 0 Å². The van der Waals surface area contributed by atoms with Crippen molar-refractivity contribution in [2.45, 2.75) is 19.9 Å². The molecule has 0 aliphatic carbocycles. The van der Waals surface area contributed by atoms with Gasteiger partial charge in [0.25, 0.3) is 0 Å². The molecule has 2 aromatic carbocycles. The van der Waals surface area contributed by atoms with Gasteiger partial charge in [-0.15, -0.1) is 0 Å². The number of aromatic nitrogens is 2. The predicted molar refractivity (Wildman–Crippen MR) is 111 cm³/mol. The monoisotopic (exact) mass is 410 g/mol. The molecule has 7 heteroatoms. The summed E-state index contributed by atoms with van der Waals surface area (Å²) in [6.45, 7) is 5.61. The van der Waals surface area contributed by atoms with E-state index in [2.05, 4.69) is 15.0 Å². The Morgan fingerprint density at radius 3 is 2.41 bits per heavy atom. The first kappa shape index (κ1) is 19.6. The lowest BCUT2D eigenvalue weighted by molar-refractivity contribution is -0.132. The van der Waals surface area contributed by atoms with Crippen molar-refractivity contribution in [1.82, 2.24) is 19.9 Å². The fraction of sp³-hybridized carbons (Fsp3) is 0.318. The van der Waals surface area contributed by atoms with Crippen LogP contribution in [0.3, 0.4) is 0 Å². The number of hydrogen-bond acceptors (Lipinski definition) is 5. The first-order valence-electron chi connectivity index (χ1n) is 9.71. The highest BCUT2D eigenvalue weighted by Crippen LogP contribution is 2.18. The number of piperazine rings is 1. The third-order valence-electron chi connectivity index (χ3n) is 5.13. The minimum atomic E-state index is 0.145. The molecule has 1 saturated heterocycles. The second kappa shape index (κ2) is 8.76. The summed E-state index contributed by atoms with van der Waals surface area (Å²) in [6, 6.07) is 15.5. The van der Waals surface area contributed by atoms with Gasteiger partial charge in [-0.2, -0.15) is 4.98 Å². The van der Waals surface area contributed by atoms with Crippen molar-refractivity contribution < 1.29 is 9.32 Å². The minimum Gasteiger partial charge on any atom is -0.340 e. The molecule has 1 aliphatic heterocycles. The molecular weight excluding hydrogens is 388 g/mol. The maximum Gasteiger partial charge on any atom is 0.241 e. The van der Waals surface area contributed by atoms with Gasteiger partial charge in [0.2, 0.25) is 17.6 Å². The summed E-state index contributed by atoms with van der Waals surface area (Å²) < 4.78 is 5.42. The van der Waals surface area contributed by atoms with Crippen LogP contribution in [-0.4, -0.2) is 52.0 Å². The van der Waals surface area contributed by atoms with Crippen LogP contribution in [0.4, 0.5) is 0 Å². The van der Waals surface area contributed by atoms with Gasteiger partial charge in [-0.25, -0.2) is 0 Å². The molecule has 1 aliphatic rings. The van der Waals surface area contributed by atoms with E-state index in [-0.39, 0.29) is 5.91 Å². The van der Waals surface area contributed by atoms with E-state index in [0.717, 1.165) is 24.2 Å². The fourth-order valence-corrected chi connectivity index (χ4v) is 3.50. The molecule has 0 bridgehead atoms. The summed E-state index contributed by atoms with van der Waals surface area (Å²) in [5.74, 6) is 1.35. The van der Waals surface area contributed by atoms with Gasteiger partial charge in [-0.05, 0) is 24.6 Å². The van der Waals surface area contributed by atoms with E-state index in [1.54, 1.807) is 0 Å². The van der Waals surface area contributed by atoms with Gasteiger partial charge in [0.15, 0.2) is 0 Å². The van der Waals surface area contributed by atoms with E-state index < -0.39 is 0 Å². The van der Waals surface area contributed by atoms with Gasteiger partial charge < -0.3 is 9.42 Å². The third-order valence-corrected chi connectivity index (χ3v) is 5.38.